The lowest BCUT2D eigenvalue weighted by Crippen LogP contribution is -2.63. The zero-order valence-corrected chi connectivity index (χ0v) is 35.1. The number of esters is 1. The van der Waals surface area contributed by atoms with E-state index in [4.69, 9.17) is 4.74 Å². The number of rotatable bonds is 8. The lowest BCUT2D eigenvalue weighted by molar-refractivity contribution is -0.163. The Hall–Kier alpha value is -5.68. The fourth-order valence-corrected chi connectivity index (χ4v) is 9.20. The zero-order valence-electron chi connectivity index (χ0n) is 35.1. The highest BCUT2D eigenvalue weighted by Gasteiger charge is 2.47. The van der Waals surface area contributed by atoms with Gasteiger partial charge in [0.25, 0.3) is 0 Å². The van der Waals surface area contributed by atoms with Crippen molar-refractivity contribution in [1.82, 2.24) is 30.7 Å². The third-order valence-corrected chi connectivity index (χ3v) is 12.6. The van der Waals surface area contributed by atoms with Gasteiger partial charge in [0.1, 0.15) is 59.8 Å². The fourth-order valence-electron chi connectivity index (χ4n) is 9.20. The number of cyclic esters (lactones) is 1. The van der Waals surface area contributed by atoms with E-state index < -0.39 is 108 Å². The van der Waals surface area contributed by atoms with Gasteiger partial charge < -0.3 is 40.7 Å². The van der Waals surface area contributed by atoms with Crippen LogP contribution in [0.1, 0.15) is 95.6 Å². The van der Waals surface area contributed by atoms with Crippen molar-refractivity contribution in [1.29, 1.82) is 0 Å². The number of amides is 7. The number of ether oxygens (including phenoxy) is 1. The molecular formula is C44H54F3N7O8. The van der Waals surface area contributed by atoms with E-state index in [1.807, 2.05) is 6.92 Å². The minimum Gasteiger partial charge on any atom is -0.458 e. The van der Waals surface area contributed by atoms with Crippen molar-refractivity contribution in [3.63, 3.8) is 0 Å². The molecule has 8 atom stereocenters. The van der Waals surface area contributed by atoms with Crippen LogP contribution >= 0.6 is 0 Å². The Morgan fingerprint density at radius 3 is 2.21 bits per heavy atom. The van der Waals surface area contributed by atoms with Gasteiger partial charge in [-0.3, -0.25) is 24.0 Å². The first kappa shape index (κ1) is 44.4. The summed E-state index contributed by atoms with van der Waals surface area (Å²) in [6.07, 6.45) is 2.62. The molecule has 5 aliphatic rings. The van der Waals surface area contributed by atoms with Crippen molar-refractivity contribution < 1.29 is 51.5 Å². The highest BCUT2D eigenvalue weighted by atomic mass is 19.1. The molecule has 62 heavy (non-hydrogen) atoms. The molecule has 0 unspecified atom stereocenters. The van der Waals surface area contributed by atoms with Gasteiger partial charge in [0.05, 0.1) is 5.69 Å². The predicted octanol–water partition coefficient (Wildman–Crippen LogP) is 3.65. The topological polar surface area (TPSA) is 187 Å². The van der Waals surface area contributed by atoms with Gasteiger partial charge in [0.15, 0.2) is 0 Å². The summed E-state index contributed by atoms with van der Waals surface area (Å²) in [5, 5.41) is 10.3. The SMILES string of the molecule is CC[C@@H]1NC(=O)[C@@H]2CCCCN2C(=O)[C@@H]2CCCN2C(=O)[C@@H](NC(=O)[C@H](Cc2cc(F)cc(F)c2)NC(=O)Nc2ccc(C3CC3)cc2F)[C@H](C)OC(=O)[C@@H]2C[C@@H](C)CN2C1=O. The summed E-state index contributed by atoms with van der Waals surface area (Å²) in [7, 11) is 0. The molecule has 4 N–H and O–H groups in total. The molecule has 0 aromatic heterocycles. The van der Waals surface area contributed by atoms with E-state index in [2.05, 4.69) is 21.3 Å². The molecule has 4 aliphatic heterocycles. The number of nitrogens with zero attached hydrogens (tertiary/aromatic N) is 3. The van der Waals surface area contributed by atoms with E-state index in [1.54, 1.807) is 13.0 Å². The summed E-state index contributed by atoms with van der Waals surface area (Å²) in [6, 6.07) is -1.43. The molecule has 15 nitrogen and oxygen atoms in total. The number of hydrogen-bond acceptors (Lipinski definition) is 8. The van der Waals surface area contributed by atoms with Crippen molar-refractivity contribution >= 4 is 47.2 Å². The number of carbonyl (C=O) groups is 7. The minimum absolute atomic E-state index is 0.0393. The maximum atomic E-state index is 15.1. The molecule has 4 heterocycles. The van der Waals surface area contributed by atoms with E-state index >= 15 is 4.39 Å². The molecule has 334 valence electrons. The Balaban J connectivity index is 1.21. The monoisotopic (exact) mass is 865 g/mol. The van der Waals surface area contributed by atoms with Crippen LogP contribution < -0.4 is 21.3 Å². The van der Waals surface area contributed by atoms with Gasteiger partial charge in [-0.1, -0.05) is 19.9 Å². The lowest BCUT2D eigenvalue weighted by atomic mass is 9.98. The number of fused-ring (bicyclic) bond motifs is 3. The van der Waals surface area contributed by atoms with Gasteiger partial charge in [-0.2, -0.15) is 0 Å². The van der Waals surface area contributed by atoms with Gasteiger partial charge in [-0.05, 0) is 112 Å². The molecule has 4 saturated heterocycles. The third-order valence-electron chi connectivity index (χ3n) is 12.6. The maximum absolute atomic E-state index is 15.1. The van der Waals surface area contributed by atoms with Crippen LogP contribution in [-0.2, 0) is 39.9 Å². The standard InChI is InChI=1S/C44H54F3N7O8/c1-4-31-40(57)54-22-23(2)16-36(54)43(60)62-24(3)37(42(59)53-15-7-9-35(53)41(58)52-14-6-5-8-34(52)39(56)48-31)51-38(55)33(19-25-17-28(45)21-29(46)18-25)50-44(61)49-32-13-12-27(20-30(32)47)26-10-11-26/h12-13,17-18,20-21,23-24,26,31,33-37H,4-11,14-16,19,22H2,1-3H3,(H,48,56)(H,51,55)(H2,49,50,61)/t23-,24+,31+,33+,34+,35+,36+,37+/m1/s1. The second kappa shape index (κ2) is 18.7. The number of halogens is 3. The molecule has 0 radical (unpaired) electrons. The normalized spacial score (nSPS) is 27.7. The molecule has 7 amide bonds. The first-order valence-corrected chi connectivity index (χ1v) is 21.7. The van der Waals surface area contributed by atoms with Crippen molar-refractivity contribution in [3.05, 3.63) is 65.0 Å². The molecular weight excluding hydrogens is 812 g/mol. The van der Waals surface area contributed by atoms with Crippen LogP contribution in [0.25, 0.3) is 0 Å². The number of urea groups is 1. The van der Waals surface area contributed by atoms with Crippen LogP contribution in [0, 0.1) is 23.4 Å². The first-order chi connectivity index (χ1) is 29.6. The zero-order chi connectivity index (χ0) is 44.4. The lowest BCUT2D eigenvalue weighted by Gasteiger charge is -2.40. The molecule has 5 fully saturated rings. The average Bonchev–Trinajstić information content (AvgIpc) is 3.83. The van der Waals surface area contributed by atoms with Gasteiger partial charge in [-0.15, -0.1) is 0 Å². The van der Waals surface area contributed by atoms with Crippen molar-refractivity contribution in [3.8, 4) is 0 Å². The Labute approximate surface area is 357 Å². The number of piperidine rings is 1. The van der Waals surface area contributed by atoms with Crippen molar-refractivity contribution in [2.24, 2.45) is 5.92 Å². The van der Waals surface area contributed by atoms with Crippen LogP contribution in [0.5, 0.6) is 0 Å². The van der Waals surface area contributed by atoms with Crippen LogP contribution in [0.15, 0.2) is 36.4 Å². The molecule has 2 aromatic carbocycles. The van der Waals surface area contributed by atoms with E-state index in [0.717, 1.165) is 30.5 Å². The molecule has 1 aliphatic carbocycles. The number of hydrogen-bond donors (Lipinski definition) is 4. The van der Waals surface area contributed by atoms with Crippen LogP contribution in [0.4, 0.5) is 23.7 Å². The molecule has 1 saturated carbocycles. The predicted molar refractivity (Wildman–Crippen MR) is 217 cm³/mol. The second-order valence-corrected chi connectivity index (χ2v) is 17.3. The summed E-state index contributed by atoms with van der Waals surface area (Å²) in [5.41, 5.74) is 0.554. The van der Waals surface area contributed by atoms with Gasteiger partial charge in [0, 0.05) is 32.1 Å². The minimum atomic E-state index is -1.68. The summed E-state index contributed by atoms with van der Waals surface area (Å²) >= 11 is 0. The van der Waals surface area contributed by atoms with Crippen LogP contribution in [0.2, 0.25) is 0 Å². The molecule has 7 rings (SSSR count). The highest BCUT2D eigenvalue weighted by molar-refractivity contribution is 5.99. The Bertz CT molecular complexity index is 2080. The molecule has 2 aromatic rings. The quantitative estimate of drug-likeness (QED) is 0.290. The van der Waals surface area contributed by atoms with E-state index in [1.165, 1.54) is 33.8 Å². The summed E-state index contributed by atoms with van der Waals surface area (Å²) in [4.78, 5) is 103. The van der Waals surface area contributed by atoms with E-state index in [9.17, 15) is 42.3 Å². The van der Waals surface area contributed by atoms with Crippen LogP contribution in [-0.4, -0.2) is 118 Å². The number of carbonyl (C=O) groups excluding carboxylic acids is 7. The third kappa shape index (κ3) is 9.83. The molecule has 18 heteroatoms. The highest BCUT2D eigenvalue weighted by Crippen LogP contribution is 2.41. The van der Waals surface area contributed by atoms with E-state index in [0.29, 0.717) is 31.7 Å². The largest absolute Gasteiger partial charge is 0.458 e. The van der Waals surface area contributed by atoms with Gasteiger partial charge in [-0.25, -0.2) is 22.8 Å². The second-order valence-electron chi connectivity index (χ2n) is 17.3. The fraction of sp³-hybridized carbons (Fsp3) is 0.568. The summed E-state index contributed by atoms with van der Waals surface area (Å²) < 4.78 is 49.8. The number of nitrogens with one attached hydrogen (secondary N) is 4. The van der Waals surface area contributed by atoms with Crippen molar-refractivity contribution in [2.45, 2.75) is 133 Å². The Morgan fingerprint density at radius 2 is 1.52 bits per heavy atom. The summed E-state index contributed by atoms with van der Waals surface area (Å²) in [6.45, 7) is 5.48. The smallest absolute Gasteiger partial charge is 0.329 e. The van der Waals surface area contributed by atoms with Crippen LogP contribution in [0.3, 0.4) is 0 Å². The summed E-state index contributed by atoms with van der Waals surface area (Å²) in [5.74, 6) is -6.68. The first-order valence-electron chi connectivity index (χ1n) is 21.7. The Morgan fingerprint density at radius 1 is 0.823 bits per heavy atom. The molecule has 0 spiro atoms. The van der Waals surface area contributed by atoms with Crippen molar-refractivity contribution in [2.75, 3.05) is 25.0 Å². The average molecular weight is 866 g/mol. The number of benzene rings is 2. The van der Waals surface area contributed by atoms with Gasteiger partial charge in [0.2, 0.25) is 29.5 Å². The maximum Gasteiger partial charge on any atom is 0.329 e. The number of anilines is 1. The Kier molecular flexibility index (Phi) is 13.4. The molecule has 0 bridgehead atoms. The van der Waals surface area contributed by atoms with E-state index in [-0.39, 0.29) is 62.0 Å². The van der Waals surface area contributed by atoms with Gasteiger partial charge >= 0.3 is 12.0 Å².